The van der Waals surface area contributed by atoms with Crippen molar-refractivity contribution < 1.29 is 13.2 Å². The van der Waals surface area contributed by atoms with Gasteiger partial charge in [0.2, 0.25) is 0 Å². The normalized spacial score (nSPS) is 15.2. The maximum Gasteiger partial charge on any atom is 0.416 e. The average Bonchev–Trinajstić information content (AvgIpc) is 3.36. The number of halogens is 3. The molecule has 0 spiro atoms. The average molecular weight is 462 g/mol. The summed E-state index contributed by atoms with van der Waals surface area (Å²) in [6.07, 6.45) is 1.50. The molecular weight excluding hydrogens is 435 g/mol. The Labute approximate surface area is 189 Å². The molecule has 1 aromatic carbocycles. The lowest BCUT2D eigenvalue weighted by Crippen LogP contribution is -2.29. The van der Waals surface area contributed by atoms with Crippen molar-refractivity contribution in [1.29, 1.82) is 0 Å². The van der Waals surface area contributed by atoms with Gasteiger partial charge in [0.05, 0.1) is 11.3 Å². The first-order valence-electron chi connectivity index (χ1n) is 10.6. The van der Waals surface area contributed by atoms with Crippen LogP contribution < -0.4 is 0 Å². The minimum absolute atomic E-state index is 0.589. The fraction of sp³-hybridized carbons (Fsp3) is 0.391. The molecule has 0 aliphatic carbocycles. The molecule has 0 atom stereocenters. The third kappa shape index (κ3) is 5.10. The maximum absolute atomic E-state index is 13.0. The second kappa shape index (κ2) is 9.54. The number of benzene rings is 1. The highest BCUT2D eigenvalue weighted by molar-refractivity contribution is 7.99. The van der Waals surface area contributed by atoms with Crippen molar-refractivity contribution in [1.82, 2.24) is 24.2 Å². The zero-order valence-corrected chi connectivity index (χ0v) is 19.0. The van der Waals surface area contributed by atoms with Crippen LogP contribution in [0.25, 0.3) is 17.1 Å². The molecule has 0 N–H and O–H groups in total. The van der Waals surface area contributed by atoms with Gasteiger partial charge in [-0.05, 0) is 54.8 Å². The molecule has 1 aliphatic rings. The van der Waals surface area contributed by atoms with Gasteiger partial charge in [0.1, 0.15) is 0 Å². The molecule has 0 bridgehead atoms. The molecule has 1 aliphatic heterocycles. The van der Waals surface area contributed by atoms with Crippen molar-refractivity contribution in [3.63, 3.8) is 0 Å². The van der Waals surface area contributed by atoms with E-state index in [1.807, 2.05) is 41.6 Å². The number of hydrogen-bond acceptors (Lipinski definition) is 4. The van der Waals surface area contributed by atoms with Crippen molar-refractivity contribution in [2.24, 2.45) is 14.1 Å². The fourth-order valence-corrected chi connectivity index (χ4v) is 4.72. The number of aryl methyl sites for hydroxylation is 1. The lowest BCUT2D eigenvalue weighted by molar-refractivity contribution is -0.137. The zero-order chi connectivity index (χ0) is 22.7. The van der Waals surface area contributed by atoms with Crippen molar-refractivity contribution >= 4 is 17.3 Å². The van der Waals surface area contributed by atoms with Gasteiger partial charge in [0.25, 0.3) is 0 Å². The summed E-state index contributed by atoms with van der Waals surface area (Å²) in [7, 11) is 3.97. The first-order valence-corrected chi connectivity index (χ1v) is 11.5. The molecule has 0 fully saturated rings. The van der Waals surface area contributed by atoms with Gasteiger partial charge in [-0.1, -0.05) is 30.0 Å². The van der Waals surface area contributed by atoms with Crippen molar-refractivity contribution in [3.8, 4) is 11.5 Å². The Bertz CT molecular complexity index is 1100. The van der Waals surface area contributed by atoms with Gasteiger partial charge in [-0.25, -0.2) is 0 Å². The zero-order valence-electron chi connectivity index (χ0n) is 18.1. The first-order chi connectivity index (χ1) is 15.3. The molecule has 5 nitrogen and oxygen atoms in total. The van der Waals surface area contributed by atoms with Crippen LogP contribution in [-0.4, -0.2) is 49.6 Å². The van der Waals surface area contributed by atoms with Crippen LogP contribution in [0.3, 0.4) is 0 Å². The van der Waals surface area contributed by atoms with E-state index < -0.39 is 11.7 Å². The third-order valence-corrected chi connectivity index (χ3v) is 6.82. The highest BCUT2D eigenvalue weighted by Crippen LogP contribution is 2.32. The molecule has 0 saturated heterocycles. The molecule has 3 heterocycles. The number of rotatable bonds is 7. The molecule has 2 aromatic heterocycles. The lowest BCUT2D eigenvalue weighted by atomic mass is 9.97. The number of aromatic nitrogens is 4. The molecule has 9 heteroatoms. The number of nitrogens with zero attached hydrogens (tertiary/aromatic N) is 5. The van der Waals surface area contributed by atoms with Crippen molar-refractivity contribution in [3.05, 3.63) is 59.8 Å². The van der Waals surface area contributed by atoms with Crippen LogP contribution in [-0.2, 0) is 20.3 Å². The molecule has 32 heavy (non-hydrogen) atoms. The molecular formula is C23H26F3N5S. The Morgan fingerprint density at radius 1 is 1.09 bits per heavy atom. The Morgan fingerprint density at radius 3 is 2.62 bits per heavy atom. The second-order valence-corrected chi connectivity index (χ2v) is 8.99. The van der Waals surface area contributed by atoms with E-state index in [2.05, 4.69) is 21.2 Å². The van der Waals surface area contributed by atoms with Gasteiger partial charge in [0, 0.05) is 39.1 Å². The predicted octanol–water partition coefficient (Wildman–Crippen LogP) is 5.11. The Morgan fingerprint density at radius 2 is 1.94 bits per heavy atom. The SMILES string of the molecule is Cn1cccc1-c1nnc(SCCCN2CC=C(c3cccc(C(F)(F)F)c3)CC2)n1C. The summed E-state index contributed by atoms with van der Waals surface area (Å²) in [5.41, 5.74) is 2.11. The van der Waals surface area contributed by atoms with E-state index in [-0.39, 0.29) is 0 Å². The van der Waals surface area contributed by atoms with Crippen molar-refractivity contribution in [2.75, 3.05) is 25.4 Å². The van der Waals surface area contributed by atoms with E-state index in [1.165, 1.54) is 12.1 Å². The summed E-state index contributed by atoms with van der Waals surface area (Å²) in [5.74, 6) is 1.78. The van der Waals surface area contributed by atoms with Gasteiger partial charge in [-0.15, -0.1) is 10.2 Å². The van der Waals surface area contributed by atoms with Crippen LogP contribution in [0.4, 0.5) is 13.2 Å². The van der Waals surface area contributed by atoms with Crippen LogP contribution in [0, 0.1) is 0 Å². The van der Waals surface area contributed by atoms with Gasteiger partial charge in [-0.2, -0.15) is 13.2 Å². The quantitative estimate of drug-likeness (QED) is 0.362. The fourth-order valence-electron chi connectivity index (χ4n) is 3.88. The summed E-state index contributed by atoms with van der Waals surface area (Å²) in [6.45, 7) is 2.56. The summed E-state index contributed by atoms with van der Waals surface area (Å²) < 4.78 is 42.9. The van der Waals surface area contributed by atoms with E-state index in [0.717, 1.165) is 66.5 Å². The topological polar surface area (TPSA) is 38.9 Å². The van der Waals surface area contributed by atoms with Gasteiger partial charge >= 0.3 is 6.18 Å². The van der Waals surface area contributed by atoms with Crippen LogP contribution in [0.15, 0.2) is 53.8 Å². The lowest BCUT2D eigenvalue weighted by Gasteiger charge is -2.26. The Hall–Kier alpha value is -2.52. The highest BCUT2D eigenvalue weighted by atomic mass is 32.2. The van der Waals surface area contributed by atoms with Crippen LogP contribution >= 0.6 is 11.8 Å². The molecule has 0 unspecified atom stereocenters. The Kier molecular flexibility index (Phi) is 6.76. The minimum Gasteiger partial charge on any atom is -0.348 e. The Balaban J connectivity index is 1.26. The van der Waals surface area contributed by atoms with Crippen LogP contribution in [0.5, 0.6) is 0 Å². The summed E-state index contributed by atoms with van der Waals surface area (Å²) in [6, 6.07) is 9.63. The maximum atomic E-state index is 13.0. The summed E-state index contributed by atoms with van der Waals surface area (Å²) in [5, 5.41) is 9.55. The number of hydrogen-bond donors (Lipinski definition) is 0. The molecule has 3 aromatic rings. The first kappa shape index (κ1) is 22.7. The van der Waals surface area contributed by atoms with E-state index in [4.69, 9.17) is 0 Å². The number of thioether (sulfide) groups is 1. The van der Waals surface area contributed by atoms with Crippen molar-refractivity contribution in [2.45, 2.75) is 24.2 Å². The predicted molar refractivity (Wildman–Crippen MR) is 121 cm³/mol. The van der Waals surface area contributed by atoms with E-state index in [9.17, 15) is 13.2 Å². The second-order valence-electron chi connectivity index (χ2n) is 7.93. The monoisotopic (exact) mass is 461 g/mol. The summed E-state index contributed by atoms with van der Waals surface area (Å²) in [4.78, 5) is 2.34. The number of alkyl halides is 3. The van der Waals surface area contributed by atoms with Gasteiger partial charge in [-0.3, -0.25) is 4.90 Å². The smallest absolute Gasteiger partial charge is 0.348 e. The highest BCUT2D eigenvalue weighted by Gasteiger charge is 2.30. The van der Waals surface area contributed by atoms with Gasteiger partial charge < -0.3 is 9.13 Å². The molecule has 0 amide bonds. The molecule has 4 rings (SSSR count). The van der Waals surface area contributed by atoms with Crippen LogP contribution in [0.2, 0.25) is 0 Å². The van der Waals surface area contributed by atoms with E-state index in [1.54, 1.807) is 17.8 Å². The minimum atomic E-state index is -4.31. The molecule has 0 saturated carbocycles. The molecule has 0 radical (unpaired) electrons. The molecule has 170 valence electrons. The van der Waals surface area contributed by atoms with E-state index in [0.29, 0.717) is 5.56 Å². The van der Waals surface area contributed by atoms with E-state index >= 15 is 0 Å². The standard InChI is InChI=1S/C23H26F3N5S/c1-29-11-4-8-20(29)21-27-28-22(30(21)2)32-15-5-12-31-13-9-17(10-14-31)18-6-3-7-19(16-18)23(24,25)26/h3-4,6-9,11,16H,5,10,12-15H2,1-2H3. The van der Waals surface area contributed by atoms with Gasteiger partial charge in [0.15, 0.2) is 11.0 Å². The summed E-state index contributed by atoms with van der Waals surface area (Å²) >= 11 is 1.69. The third-order valence-electron chi connectivity index (χ3n) is 5.71. The van der Waals surface area contributed by atoms with Crippen LogP contribution in [0.1, 0.15) is 24.0 Å². The largest absolute Gasteiger partial charge is 0.416 e.